The minimum Gasteiger partial charge on any atom is -0.492 e. The van der Waals surface area contributed by atoms with Gasteiger partial charge in [-0.15, -0.1) is 0 Å². The van der Waals surface area contributed by atoms with Crippen LogP contribution in [0.4, 0.5) is 0 Å². The molecule has 1 fully saturated rings. The lowest BCUT2D eigenvalue weighted by Crippen LogP contribution is -2.50. The van der Waals surface area contributed by atoms with Gasteiger partial charge in [0.1, 0.15) is 5.75 Å². The average Bonchev–Trinajstić information content (AvgIpc) is 2.52. The molecule has 1 aromatic rings. The summed E-state index contributed by atoms with van der Waals surface area (Å²) < 4.78 is 16.2. The molecule has 0 aromatic heterocycles. The van der Waals surface area contributed by atoms with Crippen LogP contribution >= 0.6 is 11.9 Å². The van der Waals surface area contributed by atoms with Crippen LogP contribution in [0.15, 0.2) is 28.7 Å². The van der Waals surface area contributed by atoms with Gasteiger partial charge in [0.25, 0.3) is 0 Å². The van der Waals surface area contributed by atoms with Gasteiger partial charge in [0, 0.05) is 36.4 Å². The van der Waals surface area contributed by atoms with Gasteiger partial charge < -0.3 is 14.6 Å². The van der Waals surface area contributed by atoms with E-state index in [0.717, 1.165) is 17.0 Å². The molecule has 3 rings (SSSR count). The van der Waals surface area contributed by atoms with Gasteiger partial charge in [0.2, 0.25) is 0 Å². The fourth-order valence-electron chi connectivity index (χ4n) is 3.03. The maximum absolute atomic E-state index is 11.2. The second kappa shape index (κ2) is 6.46. The molecule has 0 bridgehead atoms. The fraction of sp³-hybridized carbons (Fsp3) is 0.611. The van der Waals surface area contributed by atoms with Crippen molar-refractivity contribution in [2.24, 2.45) is 10.3 Å². The van der Waals surface area contributed by atoms with E-state index in [9.17, 15) is 5.11 Å². The lowest BCUT2D eigenvalue weighted by atomic mass is 9.76. The van der Waals surface area contributed by atoms with Crippen molar-refractivity contribution < 1.29 is 14.6 Å². The third-order valence-corrected chi connectivity index (χ3v) is 5.16. The molecule has 0 saturated carbocycles. The van der Waals surface area contributed by atoms with Crippen LogP contribution in [0.2, 0.25) is 0 Å². The Morgan fingerprint density at radius 1 is 1.22 bits per heavy atom. The van der Waals surface area contributed by atoms with E-state index in [1.165, 1.54) is 0 Å². The summed E-state index contributed by atoms with van der Waals surface area (Å²) in [5, 5.41) is 11.2. The van der Waals surface area contributed by atoms with Crippen molar-refractivity contribution in [2.75, 3.05) is 19.8 Å². The molecule has 0 radical (unpaired) electrons. The summed E-state index contributed by atoms with van der Waals surface area (Å²) in [5.74, 6) is 0.740. The lowest BCUT2D eigenvalue weighted by Gasteiger charge is -2.41. The predicted molar refractivity (Wildman–Crippen MR) is 94.3 cm³/mol. The van der Waals surface area contributed by atoms with Gasteiger partial charge in [-0.2, -0.15) is 0 Å². The first-order valence-electron chi connectivity index (χ1n) is 8.17. The van der Waals surface area contributed by atoms with Crippen molar-refractivity contribution in [3.63, 3.8) is 0 Å². The number of para-hydroxylation sites is 1. The number of benzene rings is 1. The van der Waals surface area contributed by atoms with Crippen molar-refractivity contribution in [2.45, 2.75) is 44.0 Å². The molecular formula is C18H25NO3S. The summed E-state index contributed by atoms with van der Waals surface area (Å²) in [6.07, 6.45) is 1.25. The molecule has 2 heterocycles. The van der Waals surface area contributed by atoms with Gasteiger partial charge in [-0.3, -0.25) is 0 Å². The van der Waals surface area contributed by atoms with Crippen LogP contribution < -0.4 is 4.74 Å². The van der Waals surface area contributed by atoms with Gasteiger partial charge in [-0.25, -0.2) is 4.40 Å². The van der Waals surface area contributed by atoms with Crippen LogP contribution in [0.5, 0.6) is 5.75 Å². The molecule has 0 spiro atoms. The standard InChI is InChI=1S/C18H25NO3S/c1-17(2,3)23-19-16-13-6-4-5-7-15(13)22-12-14(16)18(20)8-10-21-11-9-18/h4-7,14,20H,8-12H2,1-3H3. The maximum Gasteiger partial charge on any atom is 0.128 e. The summed E-state index contributed by atoms with van der Waals surface area (Å²) in [4.78, 5) is 0. The quantitative estimate of drug-likeness (QED) is 0.841. The monoisotopic (exact) mass is 335 g/mol. The summed E-state index contributed by atoms with van der Waals surface area (Å²) in [7, 11) is 0. The number of aliphatic hydroxyl groups is 1. The number of nitrogens with zero attached hydrogens (tertiary/aromatic N) is 1. The summed E-state index contributed by atoms with van der Waals surface area (Å²) in [5.41, 5.74) is 1.15. The Hall–Kier alpha value is -1.04. The minimum absolute atomic E-state index is 0.0308. The lowest BCUT2D eigenvalue weighted by molar-refractivity contribution is -0.0912. The molecule has 0 aliphatic carbocycles. The topological polar surface area (TPSA) is 51.0 Å². The highest BCUT2D eigenvalue weighted by atomic mass is 32.2. The van der Waals surface area contributed by atoms with E-state index < -0.39 is 5.60 Å². The van der Waals surface area contributed by atoms with Gasteiger partial charge in [0.15, 0.2) is 0 Å². The molecule has 1 unspecified atom stereocenters. The predicted octanol–water partition coefficient (Wildman–Crippen LogP) is 3.47. The van der Waals surface area contributed by atoms with Crippen LogP contribution in [0.3, 0.4) is 0 Å². The van der Waals surface area contributed by atoms with E-state index >= 15 is 0 Å². The van der Waals surface area contributed by atoms with E-state index in [-0.39, 0.29) is 10.7 Å². The molecule has 23 heavy (non-hydrogen) atoms. The Kier molecular flexibility index (Phi) is 4.72. The Labute approximate surface area is 142 Å². The smallest absolute Gasteiger partial charge is 0.128 e. The molecule has 1 N–H and O–H groups in total. The third kappa shape index (κ3) is 3.73. The van der Waals surface area contributed by atoms with Crippen LogP contribution in [0.1, 0.15) is 39.2 Å². The maximum atomic E-state index is 11.2. The molecule has 126 valence electrons. The number of fused-ring (bicyclic) bond motifs is 1. The van der Waals surface area contributed by atoms with Crippen LogP contribution in [0, 0.1) is 5.92 Å². The second-order valence-corrected chi connectivity index (χ2v) is 8.85. The number of rotatable bonds is 2. The number of ether oxygens (including phenoxy) is 2. The molecular weight excluding hydrogens is 310 g/mol. The van der Waals surface area contributed by atoms with E-state index in [2.05, 4.69) is 20.8 Å². The van der Waals surface area contributed by atoms with E-state index in [1.54, 1.807) is 11.9 Å². The van der Waals surface area contributed by atoms with Crippen LogP contribution in [0.25, 0.3) is 0 Å². The second-order valence-electron chi connectivity index (χ2n) is 7.26. The highest BCUT2D eigenvalue weighted by Gasteiger charge is 2.44. The first kappa shape index (κ1) is 16.8. The van der Waals surface area contributed by atoms with Crippen molar-refractivity contribution in [1.82, 2.24) is 0 Å². The van der Waals surface area contributed by atoms with E-state index in [4.69, 9.17) is 13.9 Å². The Balaban J connectivity index is 1.98. The first-order valence-corrected chi connectivity index (χ1v) is 8.95. The molecule has 4 nitrogen and oxygen atoms in total. The van der Waals surface area contributed by atoms with Crippen LogP contribution in [-0.4, -0.2) is 41.0 Å². The largest absolute Gasteiger partial charge is 0.492 e. The van der Waals surface area contributed by atoms with Gasteiger partial charge >= 0.3 is 0 Å². The van der Waals surface area contributed by atoms with Crippen molar-refractivity contribution in [1.29, 1.82) is 0 Å². The van der Waals surface area contributed by atoms with Gasteiger partial charge in [-0.1, -0.05) is 12.1 Å². The van der Waals surface area contributed by atoms with Crippen LogP contribution in [-0.2, 0) is 4.74 Å². The zero-order valence-corrected chi connectivity index (χ0v) is 14.9. The highest BCUT2D eigenvalue weighted by Crippen LogP contribution is 2.39. The normalized spacial score (nSPS) is 25.7. The fourth-order valence-corrected chi connectivity index (χ4v) is 3.62. The molecule has 1 atom stereocenters. The third-order valence-electron chi connectivity index (χ3n) is 4.32. The van der Waals surface area contributed by atoms with E-state index in [1.807, 2.05) is 24.3 Å². The summed E-state index contributed by atoms with van der Waals surface area (Å²) >= 11 is 1.56. The highest BCUT2D eigenvalue weighted by molar-refractivity contribution is 7.99. The zero-order valence-electron chi connectivity index (χ0n) is 14.0. The molecule has 2 aliphatic heterocycles. The Bertz CT molecular complexity index is 588. The number of hydrogen-bond donors (Lipinski definition) is 1. The molecule has 5 heteroatoms. The molecule has 1 saturated heterocycles. The van der Waals surface area contributed by atoms with Gasteiger partial charge in [0.05, 0.1) is 23.8 Å². The average molecular weight is 335 g/mol. The SMILES string of the molecule is CC(C)(C)SN=C1c2ccccc2OCC1C1(O)CCOCC1. The van der Waals surface area contributed by atoms with Crippen molar-refractivity contribution in [3.8, 4) is 5.75 Å². The Morgan fingerprint density at radius 3 is 2.61 bits per heavy atom. The number of hydrogen-bond acceptors (Lipinski definition) is 5. The van der Waals surface area contributed by atoms with Gasteiger partial charge in [-0.05, 0) is 44.9 Å². The van der Waals surface area contributed by atoms with Crippen molar-refractivity contribution >= 4 is 17.7 Å². The summed E-state index contributed by atoms with van der Waals surface area (Å²) in [6.45, 7) is 8.08. The first-order chi connectivity index (χ1) is 10.9. The minimum atomic E-state index is -0.803. The van der Waals surface area contributed by atoms with E-state index in [0.29, 0.717) is 32.7 Å². The summed E-state index contributed by atoms with van der Waals surface area (Å²) in [6, 6.07) is 7.97. The van der Waals surface area contributed by atoms with Crippen molar-refractivity contribution in [3.05, 3.63) is 29.8 Å². The Morgan fingerprint density at radius 2 is 1.91 bits per heavy atom. The molecule has 0 amide bonds. The zero-order chi connectivity index (χ0) is 16.5. The molecule has 1 aromatic carbocycles. The molecule has 2 aliphatic rings.